The lowest BCUT2D eigenvalue weighted by Crippen LogP contribution is -2.41. The zero-order chi connectivity index (χ0) is 19.0. The van der Waals surface area contributed by atoms with Crippen molar-refractivity contribution in [2.24, 2.45) is 13.0 Å². The quantitative estimate of drug-likeness (QED) is 0.729. The van der Waals surface area contributed by atoms with E-state index >= 15 is 0 Å². The molecule has 2 aromatic heterocycles. The lowest BCUT2D eigenvalue weighted by Gasteiger charge is -2.38. The third-order valence-corrected chi connectivity index (χ3v) is 5.38. The molecule has 1 aromatic carbocycles. The van der Waals surface area contributed by atoms with E-state index < -0.39 is 0 Å². The number of aryl methyl sites for hydroxylation is 1. The van der Waals surface area contributed by atoms with Crippen LogP contribution in [-0.2, 0) is 7.05 Å². The van der Waals surface area contributed by atoms with Gasteiger partial charge in [0.2, 0.25) is 5.88 Å². The number of aliphatic hydroxyl groups excluding tert-OH is 1. The van der Waals surface area contributed by atoms with Gasteiger partial charge in [0.15, 0.2) is 0 Å². The molecule has 0 saturated heterocycles. The number of carbonyl (C=O) groups is 1. The number of ether oxygens (including phenoxy) is 1. The van der Waals surface area contributed by atoms with Crippen LogP contribution >= 0.6 is 0 Å². The van der Waals surface area contributed by atoms with Crippen LogP contribution in [0.4, 0.5) is 0 Å². The van der Waals surface area contributed by atoms with Gasteiger partial charge in [0.05, 0.1) is 24.8 Å². The molecule has 0 spiro atoms. The summed E-state index contributed by atoms with van der Waals surface area (Å²) in [5.41, 5.74) is 2.59. The number of para-hydroxylation sites is 1. The molecular weight excluding hydrogens is 342 g/mol. The molecule has 3 aromatic rings. The predicted molar refractivity (Wildman–Crippen MR) is 103 cm³/mol. The molecule has 1 atom stereocenters. The number of rotatable bonds is 5. The Morgan fingerprint density at radius 1 is 1.30 bits per heavy atom. The topological polar surface area (TPSA) is 76.4 Å². The minimum Gasteiger partial charge on any atom is -0.481 e. The van der Waals surface area contributed by atoms with Gasteiger partial charge in [-0.1, -0.05) is 24.3 Å². The van der Waals surface area contributed by atoms with Crippen molar-refractivity contribution in [3.63, 3.8) is 0 Å². The second-order valence-corrected chi connectivity index (χ2v) is 7.14. The van der Waals surface area contributed by atoms with Gasteiger partial charge >= 0.3 is 0 Å². The first-order chi connectivity index (χ1) is 13.1. The van der Waals surface area contributed by atoms with Crippen LogP contribution in [0.1, 0.15) is 34.8 Å². The number of methoxy groups -OCH3 is 1. The molecule has 1 saturated carbocycles. The third kappa shape index (κ3) is 3.28. The van der Waals surface area contributed by atoms with Crippen molar-refractivity contribution in [2.75, 3.05) is 7.11 Å². The number of nitrogens with one attached hydrogen (secondary N) is 1. The lowest BCUT2D eigenvalue weighted by atomic mass is 9.75. The minimum atomic E-state index is -0.293. The van der Waals surface area contributed by atoms with E-state index in [9.17, 15) is 9.90 Å². The third-order valence-electron chi connectivity index (χ3n) is 5.38. The predicted octanol–water partition coefficient (Wildman–Crippen LogP) is 2.82. The van der Waals surface area contributed by atoms with E-state index in [0.29, 0.717) is 24.3 Å². The zero-order valence-electron chi connectivity index (χ0n) is 15.4. The smallest absolute Gasteiger partial charge is 0.253 e. The largest absolute Gasteiger partial charge is 0.481 e. The number of nitrogens with zero attached hydrogens (tertiary/aromatic N) is 2. The fraction of sp³-hybridized carbons (Fsp3) is 0.333. The second kappa shape index (κ2) is 7.04. The first-order valence-electron chi connectivity index (χ1n) is 9.09. The summed E-state index contributed by atoms with van der Waals surface area (Å²) in [7, 11) is 3.51. The van der Waals surface area contributed by atoms with Gasteiger partial charge in [-0.2, -0.15) is 0 Å². The molecule has 6 nitrogen and oxygen atoms in total. The summed E-state index contributed by atoms with van der Waals surface area (Å²) in [5.74, 6) is 0.606. The monoisotopic (exact) mass is 365 g/mol. The summed E-state index contributed by atoms with van der Waals surface area (Å²) in [6.07, 6.45) is 4.65. The number of benzene rings is 1. The molecule has 0 unspecified atom stereocenters. The average Bonchev–Trinajstić information content (AvgIpc) is 3.01. The van der Waals surface area contributed by atoms with Gasteiger partial charge in [0.1, 0.15) is 0 Å². The number of hydrogen-bond acceptors (Lipinski definition) is 4. The number of amides is 1. The molecule has 4 rings (SSSR count). The van der Waals surface area contributed by atoms with E-state index in [1.54, 1.807) is 19.4 Å². The summed E-state index contributed by atoms with van der Waals surface area (Å²) in [6.45, 7) is 0. The van der Waals surface area contributed by atoms with Gasteiger partial charge in [0.25, 0.3) is 5.91 Å². The number of aliphatic hydroxyl groups is 1. The van der Waals surface area contributed by atoms with Crippen LogP contribution < -0.4 is 10.1 Å². The Kier molecular flexibility index (Phi) is 4.58. The number of aromatic nitrogens is 2. The van der Waals surface area contributed by atoms with Crippen molar-refractivity contribution >= 4 is 16.8 Å². The molecule has 2 heterocycles. The van der Waals surface area contributed by atoms with Crippen molar-refractivity contribution in [3.05, 3.63) is 59.9 Å². The summed E-state index contributed by atoms with van der Waals surface area (Å²) < 4.78 is 7.09. The highest BCUT2D eigenvalue weighted by Crippen LogP contribution is 2.38. The van der Waals surface area contributed by atoms with Gasteiger partial charge in [0, 0.05) is 36.4 Å². The standard InChI is InChI=1S/C21H23N3O3/c1-24-12-17(16-5-3-4-6-18(16)24)21(26)23-20(14-9-15(25)10-14)13-7-8-19(27-2)22-11-13/h3-8,11-12,14-15,20,25H,9-10H2,1-2H3,(H,23,26)/t14?,15?,20-/m1/s1. The SMILES string of the molecule is COc1ccc([C@@H](NC(=O)c2cn(C)c3ccccc23)C2CC(O)C2)cn1. The van der Waals surface area contributed by atoms with Crippen LogP contribution in [-0.4, -0.2) is 33.8 Å². The van der Waals surface area contributed by atoms with Crippen LogP contribution in [0.25, 0.3) is 10.9 Å². The maximum Gasteiger partial charge on any atom is 0.253 e. The maximum absolute atomic E-state index is 13.1. The van der Waals surface area contributed by atoms with Crippen molar-refractivity contribution in [3.8, 4) is 5.88 Å². The summed E-state index contributed by atoms with van der Waals surface area (Å²) >= 11 is 0. The number of hydrogen-bond donors (Lipinski definition) is 2. The number of carbonyl (C=O) groups excluding carboxylic acids is 1. The summed E-state index contributed by atoms with van der Waals surface area (Å²) in [6, 6.07) is 11.4. The highest BCUT2D eigenvalue weighted by Gasteiger charge is 2.36. The van der Waals surface area contributed by atoms with Gasteiger partial charge in [-0.3, -0.25) is 4.79 Å². The van der Waals surface area contributed by atoms with E-state index in [2.05, 4.69) is 10.3 Å². The minimum absolute atomic E-state index is 0.117. The fourth-order valence-corrected chi connectivity index (χ4v) is 3.81. The molecule has 0 bridgehead atoms. The van der Waals surface area contributed by atoms with Gasteiger partial charge in [-0.25, -0.2) is 4.98 Å². The molecule has 1 aliphatic carbocycles. The fourth-order valence-electron chi connectivity index (χ4n) is 3.81. The van der Waals surface area contributed by atoms with E-state index in [0.717, 1.165) is 16.5 Å². The van der Waals surface area contributed by atoms with Gasteiger partial charge in [-0.05, 0) is 30.4 Å². The van der Waals surface area contributed by atoms with Crippen LogP contribution in [0.2, 0.25) is 0 Å². The Hall–Kier alpha value is -2.86. The summed E-state index contributed by atoms with van der Waals surface area (Å²) in [4.78, 5) is 17.3. The van der Waals surface area contributed by atoms with E-state index in [1.807, 2.05) is 48.1 Å². The normalized spacial score (nSPS) is 20.1. The maximum atomic E-state index is 13.1. The van der Waals surface area contributed by atoms with Crippen LogP contribution in [0.3, 0.4) is 0 Å². The summed E-state index contributed by atoms with van der Waals surface area (Å²) in [5, 5.41) is 13.8. The first kappa shape index (κ1) is 17.5. The van der Waals surface area contributed by atoms with Crippen LogP contribution in [0.5, 0.6) is 5.88 Å². The molecule has 2 N–H and O–H groups in total. The van der Waals surface area contributed by atoms with Gasteiger partial charge in [-0.15, -0.1) is 0 Å². The highest BCUT2D eigenvalue weighted by molar-refractivity contribution is 6.07. The van der Waals surface area contributed by atoms with Crippen molar-refractivity contribution in [1.82, 2.24) is 14.9 Å². The Morgan fingerprint density at radius 2 is 2.07 bits per heavy atom. The van der Waals surface area contributed by atoms with Gasteiger partial charge < -0.3 is 19.7 Å². The first-order valence-corrected chi connectivity index (χ1v) is 9.09. The lowest BCUT2D eigenvalue weighted by molar-refractivity contribution is 0.0235. The molecule has 140 valence electrons. The number of pyridine rings is 1. The van der Waals surface area contributed by atoms with Crippen LogP contribution in [0.15, 0.2) is 48.8 Å². The zero-order valence-corrected chi connectivity index (χ0v) is 15.4. The van der Waals surface area contributed by atoms with Crippen LogP contribution in [0, 0.1) is 5.92 Å². The molecular formula is C21H23N3O3. The van der Waals surface area contributed by atoms with Crippen molar-refractivity contribution in [2.45, 2.75) is 25.0 Å². The van der Waals surface area contributed by atoms with E-state index in [1.165, 1.54) is 0 Å². The molecule has 0 aliphatic heterocycles. The Bertz CT molecular complexity index is 958. The Balaban J connectivity index is 1.63. The average molecular weight is 365 g/mol. The highest BCUT2D eigenvalue weighted by atomic mass is 16.5. The number of fused-ring (bicyclic) bond motifs is 1. The van der Waals surface area contributed by atoms with Crippen molar-refractivity contribution in [1.29, 1.82) is 0 Å². The van der Waals surface area contributed by atoms with E-state index in [4.69, 9.17) is 4.74 Å². The molecule has 27 heavy (non-hydrogen) atoms. The Labute approximate surface area is 157 Å². The molecule has 0 radical (unpaired) electrons. The molecule has 6 heteroatoms. The Morgan fingerprint density at radius 3 is 2.74 bits per heavy atom. The molecule has 1 amide bonds. The second-order valence-electron chi connectivity index (χ2n) is 7.14. The van der Waals surface area contributed by atoms with E-state index in [-0.39, 0.29) is 24.0 Å². The molecule has 1 aliphatic rings. The van der Waals surface area contributed by atoms with Crippen molar-refractivity contribution < 1.29 is 14.6 Å². The molecule has 1 fully saturated rings.